The Morgan fingerprint density at radius 3 is 2.93 bits per heavy atom. The molecule has 2 atom stereocenters. The van der Waals surface area contributed by atoms with Gasteiger partial charge in [0.2, 0.25) is 5.91 Å². The SMILES string of the molecule is CC(C)C(=O)N1CC[C@@H]2CCNC[C@@H]21. The van der Waals surface area contributed by atoms with Crippen LogP contribution in [0.3, 0.4) is 0 Å². The molecule has 0 bridgehead atoms. The molecule has 80 valence electrons. The molecule has 2 aliphatic heterocycles. The van der Waals surface area contributed by atoms with Crippen LogP contribution in [-0.2, 0) is 4.79 Å². The minimum absolute atomic E-state index is 0.149. The van der Waals surface area contributed by atoms with Gasteiger partial charge in [0.05, 0.1) is 0 Å². The molecule has 2 saturated heterocycles. The van der Waals surface area contributed by atoms with Crippen LogP contribution in [0, 0.1) is 11.8 Å². The van der Waals surface area contributed by atoms with Crippen molar-refractivity contribution >= 4 is 5.91 Å². The molecule has 2 fully saturated rings. The second-order valence-corrected chi connectivity index (χ2v) is 4.80. The summed E-state index contributed by atoms with van der Waals surface area (Å²) in [5.41, 5.74) is 0. The van der Waals surface area contributed by atoms with Crippen molar-refractivity contribution in [1.82, 2.24) is 10.2 Å². The molecule has 1 N–H and O–H groups in total. The van der Waals surface area contributed by atoms with Crippen molar-refractivity contribution < 1.29 is 4.79 Å². The van der Waals surface area contributed by atoms with E-state index >= 15 is 0 Å². The summed E-state index contributed by atoms with van der Waals surface area (Å²) in [5, 5.41) is 3.39. The third kappa shape index (κ3) is 1.65. The van der Waals surface area contributed by atoms with Crippen LogP contribution in [0.15, 0.2) is 0 Å². The van der Waals surface area contributed by atoms with E-state index in [-0.39, 0.29) is 5.92 Å². The lowest BCUT2D eigenvalue weighted by Crippen LogP contribution is -2.49. The highest BCUT2D eigenvalue weighted by molar-refractivity contribution is 5.78. The highest BCUT2D eigenvalue weighted by Gasteiger charge is 2.38. The van der Waals surface area contributed by atoms with E-state index in [4.69, 9.17) is 0 Å². The van der Waals surface area contributed by atoms with E-state index in [1.165, 1.54) is 12.8 Å². The van der Waals surface area contributed by atoms with Gasteiger partial charge in [0.1, 0.15) is 0 Å². The third-order valence-electron chi connectivity index (χ3n) is 3.51. The number of rotatable bonds is 1. The number of carbonyl (C=O) groups excluding carboxylic acids is 1. The molecule has 0 aromatic heterocycles. The number of hydrogen-bond donors (Lipinski definition) is 1. The summed E-state index contributed by atoms with van der Waals surface area (Å²) in [4.78, 5) is 14.0. The maximum absolute atomic E-state index is 11.9. The van der Waals surface area contributed by atoms with Gasteiger partial charge >= 0.3 is 0 Å². The zero-order valence-corrected chi connectivity index (χ0v) is 9.12. The van der Waals surface area contributed by atoms with Crippen molar-refractivity contribution in [1.29, 1.82) is 0 Å². The number of nitrogens with zero attached hydrogens (tertiary/aromatic N) is 1. The number of piperidine rings is 1. The molecule has 0 spiro atoms. The predicted molar refractivity (Wildman–Crippen MR) is 55.9 cm³/mol. The number of carbonyl (C=O) groups is 1. The summed E-state index contributed by atoms with van der Waals surface area (Å²) < 4.78 is 0. The second kappa shape index (κ2) is 3.89. The van der Waals surface area contributed by atoms with Gasteiger partial charge in [-0.3, -0.25) is 4.79 Å². The van der Waals surface area contributed by atoms with Gasteiger partial charge in [-0.15, -0.1) is 0 Å². The first kappa shape index (κ1) is 9.97. The van der Waals surface area contributed by atoms with Crippen molar-refractivity contribution in [3.63, 3.8) is 0 Å². The third-order valence-corrected chi connectivity index (χ3v) is 3.51. The van der Waals surface area contributed by atoms with E-state index in [2.05, 4.69) is 10.2 Å². The van der Waals surface area contributed by atoms with Crippen LogP contribution < -0.4 is 5.32 Å². The summed E-state index contributed by atoms with van der Waals surface area (Å²) in [6, 6.07) is 0.485. The van der Waals surface area contributed by atoms with Crippen LogP contribution in [0.4, 0.5) is 0 Å². The standard InChI is InChI=1S/C11H20N2O/c1-8(2)11(14)13-6-4-9-3-5-12-7-10(9)13/h8-10,12H,3-7H2,1-2H3/t9-,10-/m0/s1. The van der Waals surface area contributed by atoms with E-state index < -0.39 is 0 Å². The van der Waals surface area contributed by atoms with Crippen molar-refractivity contribution in [2.75, 3.05) is 19.6 Å². The van der Waals surface area contributed by atoms with E-state index in [9.17, 15) is 4.79 Å². The summed E-state index contributed by atoms with van der Waals surface area (Å²) in [6.07, 6.45) is 2.46. The smallest absolute Gasteiger partial charge is 0.225 e. The second-order valence-electron chi connectivity index (χ2n) is 4.80. The number of likely N-dealkylation sites (tertiary alicyclic amines) is 1. The fraction of sp³-hybridized carbons (Fsp3) is 0.909. The summed E-state index contributed by atoms with van der Waals surface area (Å²) in [7, 11) is 0. The molecule has 0 aromatic rings. The Labute approximate surface area is 85.8 Å². The quantitative estimate of drug-likeness (QED) is 0.674. The summed E-state index contributed by atoms with van der Waals surface area (Å²) >= 11 is 0. The van der Waals surface area contributed by atoms with E-state index in [1.54, 1.807) is 0 Å². The molecule has 14 heavy (non-hydrogen) atoms. The predicted octanol–water partition coefficient (Wildman–Crippen LogP) is 0.853. The Morgan fingerprint density at radius 1 is 1.43 bits per heavy atom. The molecule has 0 saturated carbocycles. The summed E-state index contributed by atoms with van der Waals surface area (Å²) in [5.74, 6) is 1.25. The van der Waals surface area contributed by atoms with Gasteiger partial charge < -0.3 is 10.2 Å². The molecule has 0 radical (unpaired) electrons. The highest BCUT2D eigenvalue weighted by atomic mass is 16.2. The Kier molecular flexibility index (Phi) is 2.77. The summed E-state index contributed by atoms with van der Waals surface area (Å²) in [6.45, 7) is 7.10. The molecule has 3 heteroatoms. The van der Waals surface area contributed by atoms with Crippen molar-refractivity contribution in [2.24, 2.45) is 11.8 Å². The molecular formula is C11H20N2O. The first-order valence-corrected chi connectivity index (χ1v) is 5.71. The average Bonchev–Trinajstić information content (AvgIpc) is 2.60. The fourth-order valence-corrected chi connectivity index (χ4v) is 2.67. The molecule has 0 aromatic carbocycles. The maximum Gasteiger partial charge on any atom is 0.225 e. The van der Waals surface area contributed by atoms with Gasteiger partial charge in [0, 0.05) is 25.0 Å². The minimum atomic E-state index is 0.149. The first-order valence-electron chi connectivity index (χ1n) is 5.71. The fourth-order valence-electron chi connectivity index (χ4n) is 2.67. The lowest BCUT2D eigenvalue weighted by molar-refractivity contribution is -0.135. The number of hydrogen-bond acceptors (Lipinski definition) is 2. The highest BCUT2D eigenvalue weighted by Crippen LogP contribution is 2.29. The van der Waals surface area contributed by atoms with Crippen LogP contribution in [0.1, 0.15) is 26.7 Å². The Hall–Kier alpha value is -0.570. The molecule has 3 nitrogen and oxygen atoms in total. The topological polar surface area (TPSA) is 32.3 Å². The van der Waals surface area contributed by atoms with Crippen LogP contribution >= 0.6 is 0 Å². The average molecular weight is 196 g/mol. The molecule has 0 aliphatic carbocycles. The van der Waals surface area contributed by atoms with Crippen molar-refractivity contribution in [3.05, 3.63) is 0 Å². The number of nitrogens with one attached hydrogen (secondary N) is 1. The van der Waals surface area contributed by atoms with Crippen LogP contribution in [-0.4, -0.2) is 36.5 Å². The van der Waals surface area contributed by atoms with Gasteiger partial charge in [-0.1, -0.05) is 13.8 Å². The van der Waals surface area contributed by atoms with Gasteiger partial charge in [-0.2, -0.15) is 0 Å². The molecular weight excluding hydrogens is 176 g/mol. The molecule has 2 rings (SSSR count). The minimum Gasteiger partial charge on any atom is -0.338 e. The van der Waals surface area contributed by atoms with Gasteiger partial charge in [-0.25, -0.2) is 0 Å². The molecule has 2 aliphatic rings. The lowest BCUT2D eigenvalue weighted by Gasteiger charge is -2.33. The zero-order chi connectivity index (χ0) is 10.1. The normalized spacial score (nSPS) is 32.1. The Bertz CT molecular complexity index is 227. The van der Waals surface area contributed by atoms with Crippen LogP contribution in [0.5, 0.6) is 0 Å². The monoisotopic (exact) mass is 196 g/mol. The Balaban J connectivity index is 2.03. The van der Waals surface area contributed by atoms with Crippen LogP contribution in [0.25, 0.3) is 0 Å². The Morgan fingerprint density at radius 2 is 2.21 bits per heavy atom. The first-order chi connectivity index (χ1) is 6.70. The van der Waals surface area contributed by atoms with Gasteiger partial charge in [0.25, 0.3) is 0 Å². The zero-order valence-electron chi connectivity index (χ0n) is 9.12. The van der Waals surface area contributed by atoms with Gasteiger partial charge in [-0.05, 0) is 25.3 Å². The largest absolute Gasteiger partial charge is 0.338 e. The maximum atomic E-state index is 11.9. The number of amides is 1. The molecule has 1 amide bonds. The molecule has 0 unspecified atom stereocenters. The van der Waals surface area contributed by atoms with Gasteiger partial charge in [0.15, 0.2) is 0 Å². The lowest BCUT2D eigenvalue weighted by atomic mass is 9.93. The molecule has 2 heterocycles. The van der Waals surface area contributed by atoms with E-state index in [0.29, 0.717) is 11.9 Å². The van der Waals surface area contributed by atoms with Crippen molar-refractivity contribution in [2.45, 2.75) is 32.7 Å². The van der Waals surface area contributed by atoms with E-state index in [0.717, 1.165) is 25.6 Å². The van der Waals surface area contributed by atoms with Crippen LogP contribution in [0.2, 0.25) is 0 Å². The van der Waals surface area contributed by atoms with E-state index in [1.807, 2.05) is 13.8 Å². The van der Waals surface area contributed by atoms with Crippen molar-refractivity contribution in [3.8, 4) is 0 Å². The number of fused-ring (bicyclic) bond motifs is 1.